The minimum Gasteiger partial charge on any atom is -0.352 e. The molecule has 0 aliphatic carbocycles. The molecule has 136 valence electrons. The van der Waals surface area contributed by atoms with Gasteiger partial charge in [0.1, 0.15) is 17.2 Å². The number of hydrogen-bond acceptors (Lipinski definition) is 3. The number of rotatable bonds is 5. The summed E-state index contributed by atoms with van der Waals surface area (Å²) in [5, 5.41) is 2.59. The Hall–Kier alpha value is -2.34. The molecule has 0 spiro atoms. The van der Waals surface area contributed by atoms with Gasteiger partial charge in [0.05, 0.1) is 5.75 Å². The zero-order valence-corrected chi connectivity index (χ0v) is 15.5. The number of nitrogens with one attached hydrogen (secondary N) is 1. The molecule has 2 atom stereocenters. The van der Waals surface area contributed by atoms with Crippen LogP contribution < -0.4 is 5.32 Å². The fourth-order valence-corrected chi connectivity index (χ4v) is 4.24. The molecule has 6 heteroatoms. The van der Waals surface area contributed by atoms with Crippen molar-refractivity contribution in [2.24, 2.45) is 0 Å². The molecule has 1 aliphatic rings. The van der Waals surface area contributed by atoms with Crippen LogP contribution in [-0.4, -0.2) is 28.5 Å². The first kappa shape index (κ1) is 18.5. The van der Waals surface area contributed by atoms with Crippen molar-refractivity contribution in [1.82, 2.24) is 10.2 Å². The highest BCUT2D eigenvalue weighted by Gasteiger charge is 2.41. The van der Waals surface area contributed by atoms with Crippen LogP contribution in [0.15, 0.2) is 54.6 Å². The molecule has 0 saturated carbocycles. The Labute approximate surface area is 156 Å². The van der Waals surface area contributed by atoms with Crippen LogP contribution in [0.5, 0.6) is 0 Å². The van der Waals surface area contributed by atoms with Gasteiger partial charge in [0.15, 0.2) is 0 Å². The van der Waals surface area contributed by atoms with Gasteiger partial charge in [0.25, 0.3) is 0 Å². The monoisotopic (exact) mass is 372 g/mol. The fourth-order valence-electron chi connectivity index (χ4n) is 3.04. The van der Waals surface area contributed by atoms with E-state index in [0.717, 1.165) is 11.1 Å². The Morgan fingerprint density at radius 3 is 2.42 bits per heavy atom. The molecule has 0 unspecified atom stereocenters. The standard InChI is InChI=1S/C20H21FN2O2S/c1-13(2)22-19(25)18(14-6-4-3-5-7-14)23-17(24)12-26-20(23)15-8-10-16(21)11-9-15/h3-11,13,18,20H,12H2,1-2H3,(H,22,25)/t18-,20+/m0/s1. The van der Waals surface area contributed by atoms with Crippen LogP contribution >= 0.6 is 11.8 Å². The molecule has 2 aromatic rings. The summed E-state index contributed by atoms with van der Waals surface area (Å²) < 4.78 is 13.3. The molecule has 0 radical (unpaired) electrons. The lowest BCUT2D eigenvalue weighted by molar-refractivity contribution is -0.139. The third-order valence-corrected chi connectivity index (χ3v) is 5.36. The average molecular weight is 372 g/mol. The van der Waals surface area contributed by atoms with Crippen molar-refractivity contribution in [3.05, 3.63) is 71.5 Å². The van der Waals surface area contributed by atoms with Gasteiger partial charge in [-0.3, -0.25) is 9.59 Å². The molecule has 2 aromatic carbocycles. The van der Waals surface area contributed by atoms with Crippen molar-refractivity contribution >= 4 is 23.6 Å². The fraction of sp³-hybridized carbons (Fsp3) is 0.300. The lowest BCUT2D eigenvalue weighted by atomic mass is 10.0. The van der Waals surface area contributed by atoms with E-state index in [-0.39, 0.29) is 29.0 Å². The van der Waals surface area contributed by atoms with Crippen molar-refractivity contribution in [1.29, 1.82) is 0 Å². The van der Waals surface area contributed by atoms with Crippen LogP contribution in [0.3, 0.4) is 0 Å². The molecular formula is C20H21FN2O2S. The number of carbonyl (C=O) groups excluding carboxylic acids is 2. The van der Waals surface area contributed by atoms with Gasteiger partial charge in [0, 0.05) is 6.04 Å². The molecule has 0 aromatic heterocycles. The van der Waals surface area contributed by atoms with Crippen LogP contribution in [0.4, 0.5) is 4.39 Å². The van der Waals surface area contributed by atoms with Crippen molar-refractivity contribution < 1.29 is 14.0 Å². The lowest BCUT2D eigenvalue weighted by Crippen LogP contribution is -2.44. The Morgan fingerprint density at radius 1 is 1.15 bits per heavy atom. The van der Waals surface area contributed by atoms with Crippen molar-refractivity contribution in [3.8, 4) is 0 Å². The third kappa shape index (κ3) is 3.90. The molecule has 1 aliphatic heterocycles. The summed E-state index contributed by atoms with van der Waals surface area (Å²) in [5.74, 6) is -0.349. The smallest absolute Gasteiger partial charge is 0.247 e. The first-order valence-electron chi connectivity index (χ1n) is 8.51. The van der Waals surface area contributed by atoms with Gasteiger partial charge in [0.2, 0.25) is 11.8 Å². The summed E-state index contributed by atoms with van der Waals surface area (Å²) in [6.07, 6.45) is 0. The SMILES string of the molecule is CC(C)NC(=O)[C@H](c1ccccc1)N1C(=O)CS[C@@H]1c1ccc(F)cc1. The van der Waals surface area contributed by atoms with Gasteiger partial charge in [-0.1, -0.05) is 42.5 Å². The number of amides is 2. The Kier molecular flexibility index (Phi) is 5.61. The topological polar surface area (TPSA) is 49.4 Å². The minimum absolute atomic E-state index is 0.0386. The predicted octanol–water partition coefficient (Wildman–Crippen LogP) is 3.67. The molecule has 3 rings (SSSR count). The second-order valence-electron chi connectivity index (χ2n) is 6.49. The summed E-state index contributed by atoms with van der Waals surface area (Å²) in [5.41, 5.74) is 1.56. The number of hydrogen-bond donors (Lipinski definition) is 1. The Balaban J connectivity index is 2.01. The molecule has 2 amide bonds. The van der Waals surface area contributed by atoms with E-state index in [2.05, 4.69) is 5.32 Å². The highest BCUT2D eigenvalue weighted by molar-refractivity contribution is 8.00. The van der Waals surface area contributed by atoms with Crippen molar-refractivity contribution in [2.45, 2.75) is 31.3 Å². The first-order chi connectivity index (χ1) is 12.5. The molecule has 1 N–H and O–H groups in total. The first-order valence-corrected chi connectivity index (χ1v) is 9.56. The maximum atomic E-state index is 13.3. The van der Waals surface area contributed by atoms with Gasteiger partial charge in [-0.25, -0.2) is 4.39 Å². The van der Waals surface area contributed by atoms with E-state index in [4.69, 9.17) is 0 Å². The zero-order chi connectivity index (χ0) is 18.7. The average Bonchev–Trinajstić information content (AvgIpc) is 2.98. The highest BCUT2D eigenvalue weighted by atomic mass is 32.2. The van der Waals surface area contributed by atoms with E-state index in [1.807, 2.05) is 44.2 Å². The van der Waals surface area contributed by atoms with E-state index >= 15 is 0 Å². The Morgan fingerprint density at radius 2 is 1.81 bits per heavy atom. The van der Waals surface area contributed by atoms with Gasteiger partial charge >= 0.3 is 0 Å². The molecule has 1 saturated heterocycles. The van der Waals surface area contributed by atoms with Crippen LogP contribution in [0.25, 0.3) is 0 Å². The van der Waals surface area contributed by atoms with E-state index in [9.17, 15) is 14.0 Å². The van der Waals surface area contributed by atoms with Crippen LogP contribution in [0.1, 0.15) is 36.4 Å². The summed E-state index contributed by atoms with van der Waals surface area (Å²) in [7, 11) is 0. The second-order valence-corrected chi connectivity index (χ2v) is 7.56. The molecule has 0 bridgehead atoms. The summed E-state index contributed by atoms with van der Waals surface area (Å²) in [6.45, 7) is 3.77. The number of carbonyl (C=O) groups is 2. The number of halogens is 1. The predicted molar refractivity (Wildman–Crippen MR) is 101 cm³/mol. The zero-order valence-electron chi connectivity index (χ0n) is 14.7. The van der Waals surface area contributed by atoms with Gasteiger partial charge in [-0.05, 0) is 37.1 Å². The van der Waals surface area contributed by atoms with E-state index in [1.54, 1.807) is 17.0 Å². The van der Waals surface area contributed by atoms with E-state index in [0.29, 0.717) is 5.75 Å². The van der Waals surface area contributed by atoms with Crippen LogP contribution in [-0.2, 0) is 9.59 Å². The van der Waals surface area contributed by atoms with Gasteiger partial charge in [-0.15, -0.1) is 11.8 Å². The molecule has 26 heavy (non-hydrogen) atoms. The molecule has 4 nitrogen and oxygen atoms in total. The molecule has 1 fully saturated rings. The lowest BCUT2D eigenvalue weighted by Gasteiger charge is -2.32. The van der Waals surface area contributed by atoms with E-state index < -0.39 is 6.04 Å². The van der Waals surface area contributed by atoms with Crippen LogP contribution in [0, 0.1) is 5.82 Å². The minimum atomic E-state index is -0.726. The van der Waals surface area contributed by atoms with Gasteiger partial charge in [-0.2, -0.15) is 0 Å². The summed E-state index contributed by atoms with van der Waals surface area (Å²) in [4.78, 5) is 27.2. The van der Waals surface area contributed by atoms with Crippen LogP contribution in [0.2, 0.25) is 0 Å². The highest BCUT2D eigenvalue weighted by Crippen LogP contribution is 2.43. The number of thioether (sulfide) groups is 1. The van der Waals surface area contributed by atoms with E-state index in [1.165, 1.54) is 23.9 Å². The number of nitrogens with zero attached hydrogens (tertiary/aromatic N) is 1. The second kappa shape index (κ2) is 7.91. The maximum Gasteiger partial charge on any atom is 0.247 e. The van der Waals surface area contributed by atoms with Gasteiger partial charge < -0.3 is 10.2 Å². The normalized spacial score (nSPS) is 18.2. The summed E-state index contributed by atoms with van der Waals surface area (Å²) in [6, 6.07) is 14.6. The quantitative estimate of drug-likeness (QED) is 0.871. The summed E-state index contributed by atoms with van der Waals surface area (Å²) >= 11 is 1.45. The van der Waals surface area contributed by atoms with Crippen molar-refractivity contribution in [2.75, 3.05) is 5.75 Å². The van der Waals surface area contributed by atoms with Crippen molar-refractivity contribution in [3.63, 3.8) is 0 Å². The molecular weight excluding hydrogens is 351 g/mol. The third-order valence-electron chi connectivity index (χ3n) is 4.13. The Bertz CT molecular complexity index is 780. The molecule has 1 heterocycles. The maximum absolute atomic E-state index is 13.3. The number of benzene rings is 2. The largest absolute Gasteiger partial charge is 0.352 e.